The molecule has 11 nitrogen and oxygen atoms in total. The molecule has 36 heavy (non-hydrogen) atoms. The lowest BCUT2D eigenvalue weighted by atomic mass is 10.0. The molecule has 0 saturated carbocycles. The molecule has 1 aromatic heterocycles. The Morgan fingerprint density at radius 2 is 2.00 bits per heavy atom. The van der Waals surface area contributed by atoms with Crippen molar-refractivity contribution in [2.75, 3.05) is 22.6 Å². The molecular weight excluding hydrogens is 471 g/mol. The lowest BCUT2D eigenvalue weighted by Gasteiger charge is -2.26. The minimum atomic E-state index is -0.734. The number of rotatable bonds is 6. The first-order valence-electron chi connectivity index (χ1n) is 11.2. The topological polar surface area (TPSA) is 141 Å². The highest BCUT2D eigenvalue weighted by molar-refractivity contribution is 5.90. The fourth-order valence-corrected chi connectivity index (χ4v) is 3.60. The lowest BCUT2D eigenvalue weighted by molar-refractivity contribution is -0.384. The Kier molecular flexibility index (Phi) is 6.86. The highest BCUT2D eigenvalue weighted by Crippen LogP contribution is 2.36. The van der Waals surface area contributed by atoms with Crippen LogP contribution in [0.25, 0.3) is 0 Å². The predicted molar refractivity (Wildman–Crippen MR) is 131 cm³/mol. The molecule has 2 heterocycles. The molecule has 3 aromatic rings. The summed E-state index contributed by atoms with van der Waals surface area (Å²) in [7, 11) is 0. The van der Waals surface area contributed by atoms with Gasteiger partial charge in [-0.15, -0.1) is 0 Å². The van der Waals surface area contributed by atoms with Gasteiger partial charge in [0.15, 0.2) is 0 Å². The number of para-hydroxylation sites is 1. The number of nitrogens with zero attached hydrogens (tertiary/aromatic N) is 3. The number of carbonyl (C=O) groups excluding carboxylic acids is 1. The first-order chi connectivity index (χ1) is 17.1. The number of aromatic nitrogens is 2. The molecule has 0 fully saturated rings. The van der Waals surface area contributed by atoms with E-state index in [4.69, 9.17) is 9.47 Å². The Morgan fingerprint density at radius 3 is 2.75 bits per heavy atom. The van der Waals surface area contributed by atoms with Gasteiger partial charge in [-0.2, -0.15) is 4.98 Å². The molecule has 4 rings (SSSR count). The van der Waals surface area contributed by atoms with Crippen molar-refractivity contribution in [1.29, 1.82) is 0 Å². The SMILES string of the molecule is CC(C)(C)OC(=O)Nc1ccc(F)cc1Nc1ncc([N+](=O)[O-])c(N[C@@H]2CCOc3ccccc32)n1. The highest BCUT2D eigenvalue weighted by atomic mass is 19.1. The fraction of sp³-hybridized carbons (Fsp3) is 0.292. The summed E-state index contributed by atoms with van der Waals surface area (Å²) in [6, 6.07) is 10.8. The molecule has 0 saturated heterocycles. The van der Waals surface area contributed by atoms with Gasteiger partial charge in [0.1, 0.15) is 23.4 Å². The van der Waals surface area contributed by atoms with E-state index in [1.54, 1.807) is 20.8 Å². The number of anilines is 4. The maximum absolute atomic E-state index is 14.0. The molecule has 0 spiro atoms. The third kappa shape index (κ3) is 5.95. The van der Waals surface area contributed by atoms with E-state index in [0.717, 1.165) is 17.8 Å². The predicted octanol–water partition coefficient (Wildman–Crippen LogP) is 5.55. The van der Waals surface area contributed by atoms with E-state index in [1.807, 2.05) is 24.3 Å². The molecule has 188 valence electrons. The van der Waals surface area contributed by atoms with Crippen molar-refractivity contribution in [1.82, 2.24) is 9.97 Å². The van der Waals surface area contributed by atoms with Crippen LogP contribution in [-0.2, 0) is 4.74 Å². The van der Waals surface area contributed by atoms with E-state index < -0.39 is 22.4 Å². The molecule has 0 aliphatic carbocycles. The molecule has 1 amide bonds. The van der Waals surface area contributed by atoms with Crippen molar-refractivity contribution in [2.45, 2.75) is 38.8 Å². The second kappa shape index (κ2) is 10.0. The van der Waals surface area contributed by atoms with Crippen LogP contribution in [0, 0.1) is 15.9 Å². The van der Waals surface area contributed by atoms with Crippen LogP contribution in [0.5, 0.6) is 5.75 Å². The van der Waals surface area contributed by atoms with E-state index in [0.29, 0.717) is 18.8 Å². The summed E-state index contributed by atoms with van der Waals surface area (Å²) < 4.78 is 24.9. The number of ether oxygens (including phenoxy) is 2. The summed E-state index contributed by atoms with van der Waals surface area (Å²) >= 11 is 0. The Bertz CT molecular complexity index is 1300. The molecule has 0 radical (unpaired) electrons. The van der Waals surface area contributed by atoms with Gasteiger partial charge in [-0.25, -0.2) is 14.2 Å². The van der Waals surface area contributed by atoms with Crippen LogP contribution in [0.3, 0.4) is 0 Å². The summed E-state index contributed by atoms with van der Waals surface area (Å²) in [6.07, 6.45) is 0.889. The lowest BCUT2D eigenvalue weighted by Crippen LogP contribution is -2.27. The number of amides is 1. The van der Waals surface area contributed by atoms with Gasteiger partial charge in [0.2, 0.25) is 11.8 Å². The highest BCUT2D eigenvalue weighted by Gasteiger charge is 2.26. The van der Waals surface area contributed by atoms with E-state index in [-0.39, 0.29) is 34.9 Å². The standard InChI is InChI=1S/C24H25FN6O5/c1-24(2,3)36-23(32)29-17-9-8-14(25)12-18(17)28-22-26-13-19(31(33)34)21(30-22)27-16-10-11-35-20-7-5-4-6-15(16)20/h4-9,12-13,16H,10-11H2,1-3H3,(H,29,32)(H2,26,27,28,30)/t16-/m1/s1. The number of fused-ring (bicyclic) bond motifs is 1. The van der Waals surface area contributed by atoms with Gasteiger partial charge in [-0.3, -0.25) is 15.4 Å². The average molecular weight is 496 g/mol. The van der Waals surface area contributed by atoms with Crippen molar-refractivity contribution >= 4 is 34.9 Å². The number of carbonyl (C=O) groups is 1. The van der Waals surface area contributed by atoms with Crippen molar-refractivity contribution in [3.05, 3.63) is 70.2 Å². The number of benzene rings is 2. The molecule has 1 aliphatic heterocycles. The normalized spacial score (nSPS) is 14.7. The molecule has 1 atom stereocenters. The number of hydrogen-bond acceptors (Lipinski definition) is 9. The Labute approximate surface area is 206 Å². The van der Waals surface area contributed by atoms with E-state index in [2.05, 4.69) is 25.9 Å². The first kappa shape index (κ1) is 24.6. The van der Waals surface area contributed by atoms with Gasteiger partial charge >= 0.3 is 11.8 Å². The number of nitro groups is 1. The molecular formula is C24H25FN6O5. The quantitative estimate of drug-likeness (QED) is 0.296. The zero-order valence-corrected chi connectivity index (χ0v) is 19.9. The monoisotopic (exact) mass is 496 g/mol. The van der Waals surface area contributed by atoms with Gasteiger partial charge in [0.05, 0.1) is 28.9 Å². The van der Waals surface area contributed by atoms with E-state index in [1.165, 1.54) is 12.1 Å². The Balaban J connectivity index is 1.62. The molecule has 0 unspecified atom stereocenters. The van der Waals surface area contributed by atoms with Crippen molar-refractivity contribution in [3.63, 3.8) is 0 Å². The third-order valence-corrected chi connectivity index (χ3v) is 5.10. The minimum absolute atomic E-state index is 0.0164. The molecule has 2 aromatic carbocycles. The summed E-state index contributed by atoms with van der Waals surface area (Å²) in [4.78, 5) is 31.6. The smallest absolute Gasteiger partial charge is 0.412 e. The largest absolute Gasteiger partial charge is 0.493 e. The number of halogens is 1. The second-order valence-corrected chi connectivity index (χ2v) is 9.00. The van der Waals surface area contributed by atoms with Crippen LogP contribution in [0.2, 0.25) is 0 Å². The van der Waals surface area contributed by atoms with E-state index >= 15 is 0 Å². The van der Waals surface area contributed by atoms with Crippen LogP contribution in [-0.4, -0.2) is 33.2 Å². The van der Waals surface area contributed by atoms with Crippen LogP contribution in [0.1, 0.15) is 38.8 Å². The molecule has 0 bridgehead atoms. The van der Waals surface area contributed by atoms with Gasteiger partial charge in [0, 0.05) is 12.0 Å². The van der Waals surface area contributed by atoms with Crippen LogP contribution >= 0.6 is 0 Å². The zero-order chi connectivity index (χ0) is 25.9. The number of hydrogen-bond donors (Lipinski definition) is 3. The van der Waals surface area contributed by atoms with Gasteiger partial charge < -0.3 is 20.1 Å². The molecule has 12 heteroatoms. The Hall–Kier alpha value is -4.48. The fourth-order valence-electron chi connectivity index (χ4n) is 3.60. The van der Waals surface area contributed by atoms with Gasteiger partial charge in [-0.1, -0.05) is 18.2 Å². The summed E-state index contributed by atoms with van der Waals surface area (Å²) in [5.74, 6) is 0.0544. The van der Waals surface area contributed by atoms with Crippen molar-refractivity contribution < 1.29 is 23.6 Å². The second-order valence-electron chi connectivity index (χ2n) is 9.00. The Morgan fingerprint density at radius 1 is 1.22 bits per heavy atom. The summed E-state index contributed by atoms with van der Waals surface area (Å²) in [5, 5.41) is 20.1. The van der Waals surface area contributed by atoms with Gasteiger partial charge in [-0.05, 0) is 45.0 Å². The maximum atomic E-state index is 14.0. The summed E-state index contributed by atoms with van der Waals surface area (Å²) in [6.45, 7) is 5.58. The minimum Gasteiger partial charge on any atom is -0.493 e. The summed E-state index contributed by atoms with van der Waals surface area (Å²) in [5.41, 5.74) is 0.135. The maximum Gasteiger partial charge on any atom is 0.412 e. The van der Waals surface area contributed by atoms with Gasteiger partial charge in [0.25, 0.3) is 0 Å². The zero-order valence-electron chi connectivity index (χ0n) is 19.9. The van der Waals surface area contributed by atoms with Crippen molar-refractivity contribution in [2.24, 2.45) is 0 Å². The van der Waals surface area contributed by atoms with Crippen LogP contribution < -0.4 is 20.7 Å². The van der Waals surface area contributed by atoms with E-state index in [9.17, 15) is 19.3 Å². The average Bonchev–Trinajstić information content (AvgIpc) is 2.80. The first-order valence-corrected chi connectivity index (χ1v) is 11.2. The molecule has 3 N–H and O–H groups in total. The van der Waals surface area contributed by atoms with Crippen LogP contribution in [0.15, 0.2) is 48.7 Å². The number of nitrogens with one attached hydrogen (secondary N) is 3. The van der Waals surface area contributed by atoms with Crippen LogP contribution in [0.4, 0.5) is 38.0 Å². The third-order valence-electron chi connectivity index (χ3n) is 5.10. The van der Waals surface area contributed by atoms with Crippen molar-refractivity contribution in [3.8, 4) is 5.75 Å². The molecule has 1 aliphatic rings.